The quantitative estimate of drug-likeness (QED) is 0.740. The maximum Gasteiger partial charge on any atom is 0.221 e. The molecule has 0 fully saturated rings. The predicted molar refractivity (Wildman–Crippen MR) is 83.1 cm³/mol. The van der Waals surface area contributed by atoms with Gasteiger partial charge in [0.1, 0.15) is 5.75 Å². The summed E-state index contributed by atoms with van der Waals surface area (Å²) in [5.74, 6) is 0.392. The molecule has 0 radical (unpaired) electrons. The average Bonchev–Trinajstić information content (AvgIpc) is 2.27. The zero-order chi connectivity index (χ0) is 15.5. The number of amides is 1. The van der Waals surface area contributed by atoms with Crippen LogP contribution >= 0.6 is 0 Å². The van der Waals surface area contributed by atoms with Gasteiger partial charge in [0, 0.05) is 30.3 Å². The normalized spacial score (nSPS) is 11.8. The van der Waals surface area contributed by atoms with E-state index >= 15 is 0 Å². The van der Waals surface area contributed by atoms with E-state index in [0.29, 0.717) is 12.3 Å². The third-order valence-electron chi connectivity index (χ3n) is 2.97. The molecule has 0 aromatic heterocycles. The van der Waals surface area contributed by atoms with Crippen molar-refractivity contribution in [1.29, 1.82) is 0 Å². The van der Waals surface area contributed by atoms with Crippen molar-refractivity contribution >= 4 is 11.6 Å². The van der Waals surface area contributed by atoms with Crippen LogP contribution in [-0.4, -0.2) is 16.6 Å². The maximum absolute atomic E-state index is 11.2. The summed E-state index contributed by atoms with van der Waals surface area (Å²) >= 11 is 0. The number of nitrogens with one attached hydrogen (secondary N) is 2. The Morgan fingerprint density at radius 3 is 2.35 bits per heavy atom. The van der Waals surface area contributed by atoms with Gasteiger partial charge in [0.25, 0.3) is 0 Å². The van der Waals surface area contributed by atoms with Gasteiger partial charge in [0.05, 0.1) is 0 Å². The van der Waals surface area contributed by atoms with Crippen LogP contribution in [-0.2, 0) is 11.3 Å². The van der Waals surface area contributed by atoms with Gasteiger partial charge in [-0.15, -0.1) is 0 Å². The molecule has 1 aromatic rings. The molecule has 20 heavy (non-hydrogen) atoms. The minimum absolute atomic E-state index is 0.0333. The number of benzene rings is 1. The van der Waals surface area contributed by atoms with Gasteiger partial charge in [0.15, 0.2) is 0 Å². The lowest BCUT2D eigenvalue weighted by molar-refractivity contribution is -0.114. The summed E-state index contributed by atoms with van der Waals surface area (Å²) in [5.41, 5.74) is 2.34. The molecule has 0 aliphatic carbocycles. The molecule has 4 heteroatoms. The predicted octanol–water partition coefficient (Wildman–Crippen LogP) is 3.36. The summed E-state index contributed by atoms with van der Waals surface area (Å²) in [4.78, 5) is 11.2. The highest BCUT2D eigenvalue weighted by Crippen LogP contribution is 2.32. The standard InChI is InChI=1S/C16H26N2O2/c1-10(2)14-8-13(18-11(3)19)7-12(15(14)20)9-17-16(4,5)6/h7-8,10,17,20H,9H2,1-6H3,(H,18,19). The zero-order valence-electron chi connectivity index (χ0n) is 13.3. The number of hydrogen-bond donors (Lipinski definition) is 3. The molecule has 0 aliphatic rings. The number of carbonyl (C=O) groups is 1. The highest BCUT2D eigenvalue weighted by Gasteiger charge is 2.15. The van der Waals surface area contributed by atoms with Gasteiger partial charge in [-0.05, 0) is 44.4 Å². The van der Waals surface area contributed by atoms with E-state index in [-0.39, 0.29) is 17.4 Å². The molecule has 4 nitrogen and oxygen atoms in total. The summed E-state index contributed by atoms with van der Waals surface area (Å²) in [6.07, 6.45) is 0. The Morgan fingerprint density at radius 2 is 1.90 bits per heavy atom. The molecule has 0 spiro atoms. The lowest BCUT2D eigenvalue weighted by Crippen LogP contribution is -2.35. The molecule has 112 valence electrons. The van der Waals surface area contributed by atoms with Gasteiger partial charge < -0.3 is 15.7 Å². The van der Waals surface area contributed by atoms with Gasteiger partial charge in [-0.1, -0.05) is 13.8 Å². The van der Waals surface area contributed by atoms with E-state index in [4.69, 9.17) is 0 Å². The Kier molecular flexibility index (Phi) is 5.17. The molecule has 1 rings (SSSR count). The van der Waals surface area contributed by atoms with Crippen LogP contribution in [0, 0.1) is 0 Å². The maximum atomic E-state index is 11.2. The molecule has 0 unspecified atom stereocenters. The minimum atomic E-state index is -0.111. The molecule has 0 bridgehead atoms. The van der Waals surface area contributed by atoms with Crippen molar-refractivity contribution in [2.75, 3.05) is 5.32 Å². The zero-order valence-corrected chi connectivity index (χ0v) is 13.3. The van der Waals surface area contributed by atoms with Crippen LogP contribution in [0.4, 0.5) is 5.69 Å². The van der Waals surface area contributed by atoms with E-state index in [2.05, 4.69) is 31.4 Å². The van der Waals surface area contributed by atoms with Crippen LogP contribution in [0.15, 0.2) is 12.1 Å². The Bertz CT molecular complexity index is 488. The number of carbonyl (C=O) groups excluding carboxylic acids is 1. The largest absolute Gasteiger partial charge is 0.507 e. The van der Waals surface area contributed by atoms with Gasteiger partial charge >= 0.3 is 0 Å². The van der Waals surface area contributed by atoms with E-state index in [1.807, 2.05) is 26.0 Å². The molecule has 0 saturated carbocycles. The van der Waals surface area contributed by atoms with Crippen LogP contribution in [0.1, 0.15) is 58.6 Å². The van der Waals surface area contributed by atoms with Crippen LogP contribution in [0.25, 0.3) is 0 Å². The molecule has 0 heterocycles. The number of phenolic OH excluding ortho intramolecular Hbond substituents is 1. The van der Waals surface area contributed by atoms with Crippen LogP contribution in [0.2, 0.25) is 0 Å². The van der Waals surface area contributed by atoms with E-state index < -0.39 is 0 Å². The highest BCUT2D eigenvalue weighted by molar-refractivity contribution is 5.89. The second kappa shape index (κ2) is 6.27. The average molecular weight is 278 g/mol. The van der Waals surface area contributed by atoms with Crippen molar-refractivity contribution in [3.05, 3.63) is 23.3 Å². The summed E-state index contributed by atoms with van der Waals surface area (Å²) < 4.78 is 0. The SMILES string of the molecule is CC(=O)Nc1cc(CNC(C)(C)C)c(O)c(C(C)C)c1. The monoisotopic (exact) mass is 278 g/mol. The third-order valence-corrected chi connectivity index (χ3v) is 2.97. The first-order valence-electron chi connectivity index (χ1n) is 6.98. The number of aromatic hydroxyl groups is 1. The lowest BCUT2D eigenvalue weighted by atomic mass is 9.97. The Morgan fingerprint density at radius 1 is 1.30 bits per heavy atom. The molecule has 0 saturated heterocycles. The fraction of sp³-hybridized carbons (Fsp3) is 0.562. The van der Waals surface area contributed by atoms with Crippen LogP contribution < -0.4 is 10.6 Å². The molecular formula is C16H26N2O2. The van der Waals surface area contributed by atoms with Crippen LogP contribution in [0.3, 0.4) is 0 Å². The Hall–Kier alpha value is -1.55. The second-order valence-electron chi connectivity index (χ2n) is 6.51. The summed E-state index contributed by atoms with van der Waals surface area (Å²) in [7, 11) is 0. The molecule has 1 aromatic carbocycles. The van der Waals surface area contributed by atoms with Crippen molar-refractivity contribution in [1.82, 2.24) is 5.32 Å². The van der Waals surface area contributed by atoms with E-state index in [1.165, 1.54) is 6.92 Å². The molecular weight excluding hydrogens is 252 g/mol. The summed E-state index contributed by atoms with van der Waals surface area (Å²) in [5, 5.41) is 16.5. The van der Waals surface area contributed by atoms with E-state index in [9.17, 15) is 9.90 Å². The number of phenols is 1. The lowest BCUT2D eigenvalue weighted by Gasteiger charge is -2.22. The van der Waals surface area contributed by atoms with Crippen LogP contribution in [0.5, 0.6) is 5.75 Å². The first-order chi connectivity index (χ1) is 9.10. The van der Waals surface area contributed by atoms with Crippen molar-refractivity contribution in [2.45, 2.75) is 59.5 Å². The number of anilines is 1. The van der Waals surface area contributed by atoms with Crippen molar-refractivity contribution < 1.29 is 9.90 Å². The van der Waals surface area contributed by atoms with Crippen molar-refractivity contribution in [3.8, 4) is 5.75 Å². The molecule has 1 amide bonds. The van der Waals surface area contributed by atoms with Gasteiger partial charge in [0.2, 0.25) is 5.91 Å². The number of hydrogen-bond acceptors (Lipinski definition) is 3. The first kappa shape index (κ1) is 16.5. The van der Waals surface area contributed by atoms with Gasteiger partial charge in [-0.3, -0.25) is 4.79 Å². The van der Waals surface area contributed by atoms with Gasteiger partial charge in [-0.2, -0.15) is 0 Å². The third kappa shape index (κ3) is 4.85. The topological polar surface area (TPSA) is 61.4 Å². The van der Waals surface area contributed by atoms with E-state index in [0.717, 1.165) is 16.8 Å². The van der Waals surface area contributed by atoms with Crippen molar-refractivity contribution in [2.24, 2.45) is 0 Å². The molecule has 0 aliphatic heterocycles. The fourth-order valence-corrected chi connectivity index (χ4v) is 1.93. The Labute approximate surface area is 121 Å². The second-order valence-corrected chi connectivity index (χ2v) is 6.51. The fourth-order valence-electron chi connectivity index (χ4n) is 1.93. The van der Waals surface area contributed by atoms with E-state index in [1.54, 1.807) is 0 Å². The van der Waals surface area contributed by atoms with Gasteiger partial charge in [-0.25, -0.2) is 0 Å². The highest BCUT2D eigenvalue weighted by atomic mass is 16.3. The first-order valence-corrected chi connectivity index (χ1v) is 6.98. The van der Waals surface area contributed by atoms with Crippen molar-refractivity contribution in [3.63, 3.8) is 0 Å². The summed E-state index contributed by atoms with van der Waals surface area (Å²) in [6.45, 7) is 12.3. The molecule has 0 atom stereocenters. The molecule has 3 N–H and O–H groups in total. The smallest absolute Gasteiger partial charge is 0.221 e. The number of rotatable bonds is 4. The Balaban J connectivity index is 3.13. The summed E-state index contributed by atoms with van der Waals surface area (Å²) in [6, 6.07) is 3.66. The minimum Gasteiger partial charge on any atom is -0.507 e.